The van der Waals surface area contributed by atoms with E-state index in [0.717, 1.165) is 12.8 Å². The standard InChI is InChI=1S/C15H15N5O/c16-12(8-7-11-5-2-1-3-6-11)15-19-14(20-21-15)13-17-9-4-10-18-13/h1-6,9-10,12H,7-8,16H2/t12-/m0/s1. The lowest BCUT2D eigenvalue weighted by molar-refractivity contribution is 0.349. The Morgan fingerprint density at radius 1 is 1.00 bits per heavy atom. The van der Waals surface area contributed by atoms with Gasteiger partial charge in [0.1, 0.15) is 0 Å². The SMILES string of the molecule is N[C@@H](CCc1ccccc1)c1nc(-c2ncccn2)no1. The molecule has 6 nitrogen and oxygen atoms in total. The first-order valence-corrected chi connectivity index (χ1v) is 6.73. The highest BCUT2D eigenvalue weighted by Gasteiger charge is 2.16. The number of nitrogens with two attached hydrogens (primary N) is 1. The number of hydrogen-bond donors (Lipinski definition) is 1. The molecule has 3 rings (SSSR count). The van der Waals surface area contributed by atoms with Crippen LogP contribution < -0.4 is 5.73 Å². The summed E-state index contributed by atoms with van der Waals surface area (Å²) in [5.41, 5.74) is 7.33. The van der Waals surface area contributed by atoms with Crippen LogP contribution in [0.5, 0.6) is 0 Å². The molecule has 6 heteroatoms. The minimum Gasteiger partial charge on any atom is -0.337 e. The van der Waals surface area contributed by atoms with Crippen molar-refractivity contribution in [3.8, 4) is 11.6 Å². The van der Waals surface area contributed by atoms with Crippen molar-refractivity contribution in [1.29, 1.82) is 0 Å². The minimum atomic E-state index is -0.296. The largest absolute Gasteiger partial charge is 0.337 e. The maximum Gasteiger partial charge on any atom is 0.243 e. The van der Waals surface area contributed by atoms with Crippen LogP contribution in [-0.4, -0.2) is 20.1 Å². The van der Waals surface area contributed by atoms with Gasteiger partial charge in [-0.05, 0) is 24.5 Å². The summed E-state index contributed by atoms with van der Waals surface area (Å²) in [5, 5.41) is 3.87. The number of benzene rings is 1. The Labute approximate surface area is 122 Å². The van der Waals surface area contributed by atoms with Gasteiger partial charge in [-0.25, -0.2) is 9.97 Å². The summed E-state index contributed by atoms with van der Waals surface area (Å²) < 4.78 is 5.20. The van der Waals surface area contributed by atoms with Crippen molar-refractivity contribution in [2.24, 2.45) is 5.73 Å². The summed E-state index contributed by atoms with van der Waals surface area (Å²) in [4.78, 5) is 12.4. The molecule has 1 aromatic carbocycles. The second-order valence-electron chi connectivity index (χ2n) is 4.66. The number of aromatic nitrogens is 4. The molecule has 0 unspecified atom stereocenters. The van der Waals surface area contributed by atoms with Crippen LogP contribution in [0, 0.1) is 0 Å². The highest BCUT2D eigenvalue weighted by molar-refractivity contribution is 5.40. The summed E-state index contributed by atoms with van der Waals surface area (Å²) in [6.45, 7) is 0. The molecule has 0 bridgehead atoms. The van der Waals surface area contributed by atoms with Crippen LogP contribution in [0.3, 0.4) is 0 Å². The van der Waals surface area contributed by atoms with E-state index >= 15 is 0 Å². The zero-order valence-electron chi connectivity index (χ0n) is 11.4. The van der Waals surface area contributed by atoms with E-state index in [4.69, 9.17) is 10.3 Å². The second-order valence-corrected chi connectivity index (χ2v) is 4.66. The number of nitrogens with zero attached hydrogens (tertiary/aromatic N) is 4. The fraction of sp³-hybridized carbons (Fsp3) is 0.200. The zero-order chi connectivity index (χ0) is 14.5. The molecule has 3 aromatic rings. The first kappa shape index (κ1) is 13.4. The maximum absolute atomic E-state index is 6.10. The predicted molar refractivity (Wildman–Crippen MR) is 77.0 cm³/mol. The van der Waals surface area contributed by atoms with Crippen molar-refractivity contribution >= 4 is 0 Å². The van der Waals surface area contributed by atoms with E-state index in [-0.39, 0.29) is 6.04 Å². The van der Waals surface area contributed by atoms with E-state index in [2.05, 4.69) is 32.2 Å². The Kier molecular flexibility index (Phi) is 3.97. The lowest BCUT2D eigenvalue weighted by Gasteiger charge is -2.06. The van der Waals surface area contributed by atoms with Crippen LogP contribution >= 0.6 is 0 Å². The van der Waals surface area contributed by atoms with Gasteiger partial charge in [0.25, 0.3) is 0 Å². The summed E-state index contributed by atoms with van der Waals surface area (Å²) in [7, 11) is 0. The number of aryl methyl sites for hydroxylation is 1. The molecule has 0 amide bonds. The third-order valence-corrected chi connectivity index (χ3v) is 3.11. The molecule has 0 aliphatic rings. The van der Waals surface area contributed by atoms with E-state index in [1.54, 1.807) is 18.5 Å². The predicted octanol–water partition coefficient (Wildman–Crippen LogP) is 2.16. The molecule has 0 aliphatic heterocycles. The second kappa shape index (κ2) is 6.23. The molecular formula is C15H15N5O. The summed E-state index contributed by atoms with van der Waals surface area (Å²) >= 11 is 0. The minimum absolute atomic E-state index is 0.296. The van der Waals surface area contributed by atoms with Crippen molar-refractivity contribution in [2.75, 3.05) is 0 Å². The van der Waals surface area contributed by atoms with Gasteiger partial charge in [0.15, 0.2) is 0 Å². The smallest absolute Gasteiger partial charge is 0.243 e. The molecule has 0 aliphatic carbocycles. The first-order valence-electron chi connectivity index (χ1n) is 6.73. The topological polar surface area (TPSA) is 90.7 Å². The summed E-state index contributed by atoms with van der Waals surface area (Å²) in [6.07, 6.45) is 4.87. The quantitative estimate of drug-likeness (QED) is 0.770. The average Bonchev–Trinajstić information content (AvgIpc) is 3.04. The van der Waals surface area contributed by atoms with Crippen LogP contribution in [-0.2, 0) is 6.42 Å². The highest BCUT2D eigenvalue weighted by atomic mass is 16.5. The molecule has 2 heterocycles. The van der Waals surface area contributed by atoms with Gasteiger partial charge in [0.05, 0.1) is 6.04 Å². The molecule has 1 atom stereocenters. The van der Waals surface area contributed by atoms with Crippen LogP contribution in [0.1, 0.15) is 23.9 Å². The van der Waals surface area contributed by atoms with Gasteiger partial charge >= 0.3 is 0 Å². The summed E-state index contributed by atoms with van der Waals surface area (Å²) in [6, 6.07) is 11.6. The van der Waals surface area contributed by atoms with Crippen molar-refractivity contribution in [3.63, 3.8) is 0 Å². The number of hydrogen-bond acceptors (Lipinski definition) is 6. The van der Waals surface area contributed by atoms with Crippen LogP contribution in [0.15, 0.2) is 53.3 Å². The van der Waals surface area contributed by atoms with Crippen molar-refractivity contribution in [1.82, 2.24) is 20.1 Å². The van der Waals surface area contributed by atoms with Crippen molar-refractivity contribution < 1.29 is 4.52 Å². The van der Waals surface area contributed by atoms with Crippen LogP contribution in [0.4, 0.5) is 0 Å². The Hall–Kier alpha value is -2.60. The molecule has 0 spiro atoms. The van der Waals surface area contributed by atoms with Crippen LogP contribution in [0.25, 0.3) is 11.6 Å². The van der Waals surface area contributed by atoms with Gasteiger partial charge in [0, 0.05) is 12.4 Å². The molecule has 0 fully saturated rings. The van der Waals surface area contributed by atoms with Crippen LogP contribution in [0.2, 0.25) is 0 Å². The highest BCUT2D eigenvalue weighted by Crippen LogP contribution is 2.17. The molecule has 2 aromatic heterocycles. The van der Waals surface area contributed by atoms with E-state index in [9.17, 15) is 0 Å². The third-order valence-electron chi connectivity index (χ3n) is 3.11. The van der Waals surface area contributed by atoms with Gasteiger partial charge in [-0.1, -0.05) is 35.5 Å². The summed E-state index contributed by atoms with van der Waals surface area (Å²) in [5.74, 6) is 1.21. The zero-order valence-corrected chi connectivity index (χ0v) is 11.4. The molecular weight excluding hydrogens is 266 g/mol. The van der Waals surface area contributed by atoms with E-state index < -0.39 is 0 Å². The maximum atomic E-state index is 6.10. The average molecular weight is 281 g/mol. The van der Waals surface area contributed by atoms with Gasteiger partial charge in [-0.2, -0.15) is 4.98 Å². The van der Waals surface area contributed by atoms with E-state index in [1.165, 1.54) is 5.56 Å². The molecule has 0 saturated heterocycles. The fourth-order valence-corrected chi connectivity index (χ4v) is 1.98. The Bertz CT molecular complexity index is 684. The fourth-order valence-electron chi connectivity index (χ4n) is 1.98. The van der Waals surface area contributed by atoms with Gasteiger partial charge in [-0.3, -0.25) is 0 Å². The van der Waals surface area contributed by atoms with E-state index in [0.29, 0.717) is 17.5 Å². The van der Waals surface area contributed by atoms with E-state index in [1.807, 2.05) is 18.2 Å². The molecule has 0 saturated carbocycles. The monoisotopic (exact) mass is 281 g/mol. The lowest BCUT2D eigenvalue weighted by Crippen LogP contribution is -2.11. The molecule has 2 N–H and O–H groups in total. The van der Waals surface area contributed by atoms with Gasteiger partial charge in [-0.15, -0.1) is 0 Å². The molecule has 21 heavy (non-hydrogen) atoms. The molecule has 106 valence electrons. The third kappa shape index (κ3) is 3.29. The van der Waals surface area contributed by atoms with Crippen molar-refractivity contribution in [3.05, 3.63) is 60.2 Å². The van der Waals surface area contributed by atoms with Gasteiger partial charge < -0.3 is 10.3 Å². The number of rotatable bonds is 5. The first-order chi connectivity index (χ1) is 10.3. The van der Waals surface area contributed by atoms with Gasteiger partial charge in [0.2, 0.25) is 17.5 Å². The lowest BCUT2D eigenvalue weighted by atomic mass is 10.1. The Morgan fingerprint density at radius 2 is 1.76 bits per heavy atom. The Balaban J connectivity index is 1.66. The molecule has 0 radical (unpaired) electrons. The Morgan fingerprint density at radius 3 is 2.52 bits per heavy atom. The van der Waals surface area contributed by atoms with Crippen molar-refractivity contribution in [2.45, 2.75) is 18.9 Å². The normalized spacial score (nSPS) is 12.2.